The van der Waals surface area contributed by atoms with Crippen molar-refractivity contribution in [1.82, 2.24) is 0 Å². The molecule has 0 amide bonds. The molecule has 0 aromatic heterocycles. The Balaban J connectivity index is 1.17. The topological polar surface area (TPSA) is 46.6 Å². The van der Waals surface area contributed by atoms with Gasteiger partial charge in [-0.15, -0.1) is 0 Å². The maximum absolute atomic E-state index is 7.74. The zero-order valence-electron chi connectivity index (χ0n) is 30.8. The first kappa shape index (κ1) is 32.8. The number of rotatable bonds is 5. The molecule has 270 valence electrons. The lowest BCUT2D eigenvalue weighted by molar-refractivity contribution is 0.122. The van der Waals surface area contributed by atoms with Gasteiger partial charge in [-0.25, -0.2) is 0 Å². The minimum absolute atomic E-state index is 0.194. The fourth-order valence-electron chi connectivity index (χ4n) is 9.42. The van der Waals surface area contributed by atoms with Crippen LogP contribution in [0, 0.1) is 0 Å². The molecular weight excluding hydrogens is 659 g/mol. The predicted octanol–water partition coefficient (Wildman–Crippen LogP) is 8.01. The number of morpholine rings is 3. The van der Waals surface area contributed by atoms with E-state index in [-0.39, 0.29) is 5.41 Å². The van der Waals surface area contributed by atoms with Crippen LogP contribution in [0.3, 0.4) is 0 Å². The van der Waals surface area contributed by atoms with Crippen LogP contribution in [-0.2, 0) is 25.2 Å². The summed E-state index contributed by atoms with van der Waals surface area (Å²) >= 11 is 0. The molecule has 1 aliphatic carbocycles. The summed E-state index contributed by atoms with van der Waals surface area (Å²) in [6, 6.07) is 34.1. The van der Waals surface area contributed by atoms with Gasteiger partial charge >= 0.3 is 0 Å². The second-order valence-electron chi connectivity index (χ2n) is 15.5. The number of anilines is 3. The largest absolute Gasteiger partial charge is 0.472 e. The molecular formula is C46H47N3O4. The molecule has 5 aromatic carbocycles. The number of nitrogens with zero attached hydrogens (tertiary/aromatic N) is 3. The Kier molecular flexibility index (Phi) is 8.01. The number of hydrogen-bond donors (Lipinski definition) is 0. The molecule has 0 radical (unpaired) electrons. The fraction of sp³-hybridized carbons (Fsp3) is 0.348. The Morgan fingerprint density at radius 3 is 1.62 bits per heavy atom. The first-order valence-corrected chi connectivity index (χ1v) is 19.3. The third kappa shape index (κ3) is 5.35. The van der Waals surface area contributed by atoms with Crippen molar-refractivity contribution in [3.63, 3.8) is 0 Å². The molecule has 0 saturated carbocycles. The van der Waals surface area contributed by atoms with Crippen molar-refractivity contribution in [3.05, 3.63) is 125 Å². The Labute approximate surface area is 312 Å². The van der Waals surface area contributed by atoms with Crippen molar-refractivity contribution in [2.75, 3.05) is 93.6 Å². The van der Waals surface area contributed by atoms with Gasteiger partial charge in [0, 0.05) is 83.8 Å². The molecule has 5 aliphatic rings. The van der Waals surface area contributed by atoms with Crippen LogP contribution in [0.25, 0.3) is 28.0 Å². The van der Waals surface area contributed by atoms with Crippen LogP contribution in [-0.4, -0.2) is 78.9 Å². The van der Waals surface area contributed by atoms with Gasteiger partial charge in [-0.1, -0.05) is 74.5 Å². The molecule has 10 rings (SSSR count). The Bertz CT molecular complexity index is 2130. The first-order chi connectivity index (χ1) is 26.0. The van der Waals surface area contributed by atoms with Gasteiger partial charge in [0.1, 0.15) is 5.75 Å². The second kappa shape index (κ2) is 12.9. The van der Waals surface area contributed by atoms with Gasteiger partial charge in [-0.3, -0.25) is 0 Å². The van der Waals surface area contributed by atoms with E-state index in [1.807, 2.05) is 0 Å². The van der Waals surface area contributed by atoms with E-state index in [1.165, 1.54) is 50.3 Å². The number of fused-ring (bicyclic) bond motifs is 8. The molecule has 4 heterocycles. The molecule has 7 heteroatoms. The summed E-state index contributed by atoms with van der Waals surface area (Å²) in [6.07, 6.45) is 4.69. The Morgan fingerprint density at radius 2 is 1.06 bits per heavy atom. The van der Waals surface area contributed by atoms with Crippen LogP contribution in [0.2, 0.25) is 0 Å². The van der Waals surface area contributed by atoms with Crippen LogP contribution < -0.4 is 19.4 Å². The molecule has 3 fully saturated rings. The molecule has 7 nitrogen and oxygen atoms in total. The lowest BCUT2D eigenvalue weighted by Crippen LogP contribution is -2.37. The second-order valence-corrected chi connectivity index (χ2v) is 15.5. The highest BCUT2D eigenvalue weighted by Gasteiger charge is 2.44. The molecule has 0 N–H and O–H groups in total. The molecule has 3 saturated heterocycles. The van der Waals surface area contributed by atoms with E-state index in [0.29, 0.717) is 0 Å². The van der Waals surface area contributed by atoms with Crippen molar-refractivity contribution >= 4 is 33.9 Å². The first-order valence-electron chi connectivity index (χ1n) is 19.3. The normalized spacial score (nSPS) is 20.2. The molecule has 4 aliphatic heterocycles. The van der Waals surface area contributed by atoms with Gasteiger partial charge in [0.25, 0.3) is 0 Å². The van der Waals surface area contributed by atoms with Gasteiger partial charge in [0.2, 0.25) is 0 Å². The number of hydrogen-bond acceptors (Lipinski definition) is 7. The van der Waals surface area contributed by atoms with E-state index in [2.05, 4.69) is 132 Å². The summed E-state index contributed by atoms with van der Waals surface area (Å²) in [4.78, 5) is 7.27. The van der Waals surface area contributed by atoms with Crippen molar-refractivity contribution in [3.8, 4) is 16.9 Å². The Morgan fingerprint density at radius 1 is 0.547 bits per heavy atom. The molecule has 0 atom stereocenters. The monoisotopic (exact) mass is 705 g/mol. The van der Waals surface area contributed by atoms with Crippen molar-refractivity contribution in [1.29, 1.82) is 0 Å². The average molecular weight is 706 g/mol. The molecule has 0 unspecified atom stereocenters. The van der Waals surface area contributed by atoms with E-state index in [9.17, 15) is 0 Å². The maximum atomic E-state index is 7.74. The summed E-state index contributed by atoms with van der Waals surface area (Å²) < 4.78 is 24.8. The quantitative estimate of drug-likeness (QED) is 0.184. The minimum Gasteiger partial charge on any atom is -0.472 e. The maximum Gasteiger partial charge on any atom is 0.178 e. The molecule has 0 spiro atoms. The van der Waals surface area contributed by atoms with Crippen molar-refractivity contribution in [2.24, 2.45) is 0 Å². The van der Waals surface area contributed by atoms with Crippen LogP contribution in [0.1, 0.15) is 41.7 Å². The highest BCUT2D eigenvalue weighted by Crippen LogP contribution is 2.58. The van der Waals surface area contributed by atoms with Crippen LogP contribution in [0.15, 0.2) is 97.1 Å². The van der Waals surface area contributed by atoms with Crippen molar-refractivity contribution < 1.29 is 18.9 Å². The smallest absolute Gasteiger partial charge is 0.178 e. The highest BCUT2D eigenvalue weighted by atomic mass is 16.5. The summed E-state index contributed by atoms with van der Waals surface area (Å²) in [5.41, 5.74) is 11.4. The predicted molar refractivity (Wildman–Crippen MR) is 214 cm³/mol. The van der Waals surface area contributed by atoms with Crippen LogP contribution in [0.5, 0.6) is 5.75 Å². The Hall–Kier alpha value is -4.82. The highest BCUT2D eigenvalue weighted by molar-refractivity contribution is 6.09. The average Bonchev–Trinajstić information content (AvgIpc) is 3.48. The fourth-order valence-corrected chi connectivity index (χ4v) is 9.42. The standard InChI is InChI=1S/C46H47N3O4/c1-45(2)41-6-4-3-5-38(41)42-37-16-15-36(49-23-29-52-30-24-49)31-40(37)44-39(43(42)45)17-18-46(53-44,32-7-11-34(12-8-32)47-19-25-50-26-20-47)33-9-13-35(14-10-33)48-21-27-51-28-22-48/h3-18,31H,19-30H2,1-2H3. The van der Waals surface area contributed by atoms with Gasteiger partial charge in [-0.05, 0) is 70.1 Å². The van der Waals surface area contributed by atoms with Gasteiger partial charge < -0.3 is 33.6 Å². The van der Waals surface area contributed by atoms with Gasteiger partial charge in [0.15, 0.2) is 5.60 Å². The van der Waals surface area contributed by atoms with Crippen LogP contribution in [0.4, 0.5) is 17.1 Å². The van der Waals surface area contributed by atoms with E-state index in [0.717, 1.165) is 101 Å². The summed E-state index contributed by atoms with van der Waals surface area (Å²) in [5.74, 6) is 0.951. The number of benzene rings is 5. The summed E-state index contributed by atoms with van der Waals surface area (Å²) in [6.45, 7) is 14.6. The molecule has 0 bridgehead atoms. The summed E-state index contributed by atoms with van der Waals surface area (Å²) in [7, 11) is 0. The van der Waals surface area contributed by atoms with Gasteiger partial charge in [0.05, 0.1) is 39.6 Å². The minimum atomic E-state index is -0.841. The third-order valence-corrected chi connectivity index (χ3v) is 12.2. The third-order valence-electron chi connectivity index (χ3n) is 12.2. The van der Waals surface area contributed by atoms with Crippen molar-refractivity contribution in [2.45, 2.75) is 24.9 Å². The summed E-state index contributed by atoms with van der Waals surface area (Å²) in [5, 5.41) is 2.39. The van der Waals surface area contributed by atoms with E-state index < -0.39 is 5.60 Å². The lowest BCUT2D eigenvalue weighted by Gasteiger charge is -2.39. The van der Waals surface area contributed by atoms with Crippen LogP contribution >= 0.6 is 0 Å². The lowest BCUT2D eigenvalue weighted by atomic mass is 9.76. The zero-order valence-corrected chi connectivity index (χ0v) is 30.8. The zero-order chi connectivity index (χ0) is 35.6. The SMILES string of the molecule is CC1(C)c2ccccc2-c2c1c1c(c3cc(N4CCOCC4)ccc23)OC(c2ccc(N3CCOCC3)cc2)(c2ccc(N3CCOCC3)cc2)C=C1. The van der Waals surface area contributed by atoms with E-state index >= 15 is 0 Å². The molecule has 53 heavy (non-hydrogen) atoms. The van der Waals surface area contributed by atoms with E-state index in [4.69, 9.17) is 18.9 Å². The van der Waals surface area contributed by atoms with Gasteiger partial charge in [-0.2, -0.15) is 0 Å². The molecule has 5 aromatic rings. The van der Waals surface area contributed by atoms with E-state index in [1.54, 1.807) is 0 Å². The number of ether oxygens (including phenoxy) is 4.